The lowest BCUT2D eigenvalue weighted by atomic mass is 10.0. The molecular weight excluding hydrogens is 260 g/mol. The monoisotopic (exact) mass is 290 g/mol. The summed E-state index contributed by atoms with van der Waals surface area (Å²) in [6.07, 6.45) is 2.12. The average molecular weight is 290 g/mol. The molecule has 1 saturated heterocycles. The molecule has 0 amide bonds. The molecule has 1 fully saturated rings. The first kappa shape index (κ1) is 16.3. The number of hydrogen-bond acceptors (Lipinski definition) is 3. The Hall–Kier alpha value is -1.06. The zero-order chi connectivity index (χ0) is 15.5. The molecule has 2 N–H and O–H groups in total. The van der Waals surface area contributed by atoms with Gasteiger partial charge in [-0.3, -0.25) is 0 Å². The molecule has 3 nitrogen and oxygen atoms in total. The van der Waals surface area contributed by atoms with E-state index >= 15 is 0 Å². The number of aliphatic hydroxyl groups is 1. The van der Waals surface area contributed by atoms with Gasteiger partial charge in [-0.15, -0.1) is 0 Å². The van der Waals surface area contributed by atoms with Crippen LogP contribution in [0.5, 0.6) is 0 Å². The van der Waals surface area contributed by atoms with Crippen molar-refractivity contribution in [2.75, 3.05) is 24.6 Å². The second-order valence-electron chi connectivity index (χ2n) is 7.35. The van der Waals surface area contributed by atoms with Crippen LogP contribution in [0.2, 0.25) is 0 Å². The van der Waals surface area contributed by atoms with Crippen LogP contribution < -0.4 is 10.2 Å². The normalized spacial score (nSPS) is 19.3. The van der Waals surface area contributed by atoms with E-state index in [0.717, 1.165) is 26.1 Å². The molecule has 1 aliphatic rings. The molecule has 1 aromatic carbocycles. The van der Waals surface area contributed by atoms with Gasteiger partial charge in [0.25, 0.3) is 0 Å². The van der Waals surface area contributed by atoms with Crippen molar-refractivity contribution in [1.29, 1.82) is 0 Å². The zero-order valence-corrected chi connectivity index (χ0v) is 13.9. The number of benzene rings is 1. The fourth-order valence-electron chi connectivity index (χ4n) is 2.99. The number of nitrogens with zero attached hydrogens (tertiary/aromatic N) is 1. The van der Waals surface area contributed by atoms with Crippen molar-refractivity contribution in [3.63, 3.8) is 0 Å². The highest BCUT2D eigenvalue weighted by molar-refractivity contribution is 5.55. The van der Waals surface area contributed by atoms with E-state index in [1.54, 1.807) is 0 Å². The first-order valence-corrected chi connectivity index (χ1v) is 8.09. The molecule has 1 heterocycles. The Morgan fingerprint density at radius 2 is 2.10 bits per heavy atom. The van der Waals surface area contributed by atoms with E-state index in [9.17, 15) is 0 Å². The summed E-state index contributed by atoms with van der Waals surface area (Å²) in [5.41, 5.74) is 4.19. The van der Waals surface area contributed by atoms with Gasteiger partial charge in [-0.1, -0.05) is 17.7 Å². The van der Waals surface area contributed by atoms with Gasteiger partial charge < -0.3 is 15.3 Å². The Bertz CT molecular complexity index is 465. The molecule has 1 unspecified atom stereocenters. The molecule has 0 radical (unpaired) electrons. The molecule has 0 bridgehead atoms. The summed E-state index contributed by atoms with van der Waals surface area (Å²) in [4.78, 5) is 2.49. The van der Waals surface area contributed by atoms with E-state index in [1.807, 2.05) is 0 Å². The maximum Gasteiger partial charge on any atom is 0.0434 e. The van der Waals surface area contributed by atoms with Crippen LogP contribution in [0.25, 0.3) is 0 Å². The zero-order valence-electron chi connectivity index (χ0n) is 13.9. The van der Waals surface area contributed by atoms with Gasteiger partial charge in [-0.05, 0) is 58.1 Å². The smallest absolute Gasteiger partial charge is 0.0434 e. The highest BCUT2D eigenvalue weighted by Gasteiger charge is 2.24. The molecule has 21 heavy (non-hydrogen) atoms. The number of aliphatic hydroxyl groups excluding tert-OH is 1. The molecule has 0 saturated carbocycles. The van der Waals surface area contributed by atoms with Crippen molar-refractivity contribution in [3.8, 4) is 0 Å². The number of anilines is 1. The maximum absolute atomic E-state index is 9.12. The lowest BCUT2D eigenvalue weighted by molar-refractivity contribution is 0.263. The standard InChI is InChI=1S/C18H30N2O/c1-14-5-6-17(16(11-14)12-19-18(2,3)4)20-9-7-15(13-20)8-10-21/h5-6,11,15,19,21H,7-10,12-13H2,1-4H3. The average Bonchev–Trinajstić information content (AvgIpc) is 2.84. The summed E-state index contributed by atoms with van der Waals surface area (Å²) >= 11 is 0. The van der Waals surface area contributed by atoms with E-state index < -0.39 is 0 Å². The van der Waals surface area contributed by atoms with Crippen LogP contribution >= 0.6 is 0 Å². The van der Waals surface area contributed by atoms with Crippen molar-refractivity contribution in [3.05, 3.63) is 29.3 Å². The van der Waals surface area contributed by atoms with Gasteiger partial charge >= 0.3 is 0 Å². The van der Waals surface area contributed by atoms with Crippen molar-refractivity contribution >= 4 is 5.69 Å². The molecule has 2 rings (SSSR count). The minimum Gasteiger partial charge on any atom is -0.396 e. The molecule has 0 aliphatic carbocycles. The Morgan fingerprint density at radius 3 is 2.76 bits per heavy atom. The van der Waals surface area contributed by atoms with Crippen LogP contribution in [0.15, 0.2) is 18.2 Å². The van der Waals surface area contributed by atoms with Crippen molar-refractivity contribution in [1.82, 2.24) is 5.32 Å². The summed E-state index contributed by atoms with van der Waals surface area (Å²) in [5.74, 6) is 0.639. The SMILES string of the molecule is Cc1ccc(N2CCC(CCO)C2)c(CNC(C)(C)C)c1. The molecule has 118 valence electrons. The maximum atomic E-state index is 9.12. The van der Waals surface area contributed by atoms with Crippen LogP contribution in [0, 0.1) is 12.8 Å². The predicted molar refractivity (Wildman–Crippen MR) is 89.8 cm³/mol. The van der Waals surface area contributed by atoms with Gasteiger partial charge in [0.2, 0.25) is 0 Å². The summed E-state index contributed by atoms with van der Waals surface area (Å²) in [6.45, 7) is 12.2. The van der Waals surface area contributed by atoms with E-state index in [2.05, 4.69) is 56.1 Å². The molecule has 0 spiro atoms. The highest BCUT2D eigenvalue weighted by Crippen LogP contribution is 2.29. The topological polar surface area (TPSA) is 35.5 Å². The van der Waals surface area contributed by atoms with Gasteiger partial charge in [-0.2, -0.15) is 0 Å². The molecule has 3 heteroatoms. The first-order valence-electron chi connectivity index (χ1n) is 8.09. The van der Waals surface area contributed by atoms with Crippen molar-refractivity contribution < 1.29 is 5.11 Å². The third-order valence-electron chi connectivity index (χ3n) is 4.21. The van der Waals surface area contributed by atoms with Crippen LogP contribution in [0.1, 0.15) is 44.7 Å². The van der Waals surface area contributed by atoms with Crippen LogP contribution in [0.4, 0.5) is 5.69 Å². The third-order valence-corrected chi connectivity index (χ3v) is 4.21. The minimum absolute atomic E-state index is 0.130. The van der Waals surface area contributed by atoms with E-state index in [-0.39, 0.29) is 5.54 Å². The molecular formula is C18H30N2O. The lowest BCUT2D eigenvalue weighted by Crippen LogP contribution is -2.35. The largest absolute Gasteiger partial charge is 0.396 e. The van der Waals surface area contributed by atoms with Gasteiger partial charge in [0.15, 0.2) is 0 Å². The molecule has 1 aliphatic heterocycles. The second kappa shape index (κ2) is 6.80. The quantitative estimate of drug-likeness (QED) is 0.875. The number of rotatable bonds is 5. The Kier molecular flexibility index (Phi) is 5.28. The number of hydrogen-bond donors (Lipinski definition) is 2. The molecule has 1 aromatic rings. The van der Waals surface area contributed by atoms with E-state index in [0.29, 0.717) is 12.5 Å². The van der Waals surface area contributed by atoms with Gasteiger partial charge in [0.05, 0.1) is 0 Å². The summed E-state index contributed by atoms with van der Waals surface area (Å²) in [7, 11) is 0. The van der Waals surface area contributed by atoms with Crippen molar-refractivity contribution in [2.24, 2.45) is 5.92 Å². The number of aryl methyl sites for hydroxylation is 1. The fourth-order valence-corrected chi connectivity index (χ4v) is 2.99. The van der Waals surface area contributed by atoms with Gasteiger partial charge in [0, 0.05) is 37.5 Å². The summed E-state index contributed by atoms with van der Waals surface area (Å²) < 4.78 is 0. The Labute approximate surface area is 129 Å². The predicted octanol–water partition coefficient (Wildman–Crippen LogP) is 3.09. The minimum atomic E-state index is 0.130. The highest BCUT2D eigenvalue weighted by atomic mass is 16.3. The second-order valence-corrected chi connectivity index (χ2v) is 7.35. The van der Waals surface area contributed by atoms with E-state index in [1.165, 1.54) is 23.2 Å². The lowest BCUT2D eigenvalue weighted by Gasteiger charge is -2.26. The van der Waals surface area contributed by atoms with E-state index in [4.69, 9.17) is 5.11 Å². The Balaban J connectivity index is 2.12. The van der Waals surface area contributed by atoms with Crippen LogP contribution in [0.3, 0.4) is 0 Å². The first-order chi connectivity index (χ1) is 9.89. The molecule has 0 aromatic heterocycles. The summed E-state index contributed by atoms with van der Waals surface area (Å²) in [5, 5.41) is 12.7. The van der Waals surface area contributed by atoms with Gasteiger partial charge in [-0.25, -0.2) is 0 Å². The third kappa shape index (κ3) is 4.72. The Morgan fingerprint density at radius 1 is 1.33 bits per heavy atom. The molecule has 1 atom stereocenters. The summed E-state index contributed by atoms with van der Waals surface area (Å²) in [6, 6.07) is 6.76. The fraction of sp³-hybridized carbons (Fsp3) is 0.667. The van der Waals surface area contributed by atoms with Crippen molar-refractivity contribution in [2.45, 2.75) is 52.6 Å². The number of nitrogens with one attached hydrogen (secondary N) is 1. The van der Waals surface area contributed by atoms with Crippen LogP contribution in [-0.2, 0) is 6.54 Å². The van der Waals surface area contributed by atoms with Gasteiger partial charge in [0.1, 0.15) is 0 Å². The van der Waals surface area contributed by atoms with Crippen LogP contribution in [-0.4, -0.2) is 30.3 Å².